The second-order valence-corrected chi connectivity index (χ2v) is 6.67. The summed E-state index contributed by atoms with van der Waals surface area (Å²) in [5.41, 5.74) is 1.63. The second kappa shape index (κ2) is 7.01. The third kappa shape index (κ3) is 3.83. The fraction of sp³-hybridized carbons (Fsp3) is 0.400. The number of nitrogens with one attached hydrogen (secondary N) is 1. The largest absolute Gasteiger partial charge is 0.497 e. The molecule has 2 aromatic rings. The van der Waals surface area contributed by atoms with E-state index >= 15 is 0 Å². The van der Waals surface area contributed by atoms with Gasteiger partial charge in [-0.2, -0.15) is 5.10 Å². The molecule has 8 heteroatoms. The number of hydrogen-bond acceptors (Lipinski definition) is 5. The standard InChI is InChI=1S/C15H21N3O4S/c1-5-18-10-12(11(2)17-18)9-16-23(19,20)15-8-13(21-3)6-7-14(15)22-4/h6-8,10,16H,5,9H2,1-4H3. The van der Waals surface area contributed by atoms with E-state index in [1.165, 1.54) is 20.3 Å². The number of methoxy groups -OCH3 is 2. The summed E-state index contributed by atoms with van der Waals surface area (Å²) < 4.78 is 39.7. The van der Waals surface area contributed by atoms with Crippen LogP contribution in [0.3, 0.4) is 0 Å². The molecule has 0 bridgehead atoms. The van der Waals surface area contributed by atoms with Gasteiger partial charge in [-0.3, -0.25) is 4.68 Å². The number of benzene rings is 1. The van der Waals surface area contributed by atoms with Crippen molar-refractivity contribution in [2.45, 2.75) is 31.8 Å². The number of hydrogen-bond donors (Lipinski definition) is 1. The molecule has 0 unspecified atom stereocenters. The van der Waals surface area contributed by atoms with E-state index in [0.29, 0.717) is 5.75 Å². The van der Waals surface area contributed by atoms with Crippen LogP contribution in [0.2, 0.25) is 0 Å². The van der Waals surface area contributed by atoms with E-state index in [9.17, 15) is 8.42 Å². The zero-order valence-electron chi connectivity index (χ0n) is 13.7. The first kappa shape index (κ1) is 17.3. The fourth-order valence-corrected chi connectivity index (χ4v) is 3.33. The lowest BCUT2D eigenvalue weighted by Crippen LogP contribution is -2.24. The monoisotopic (exact) mass is 339 g/mol. The summed E-state index contributed by atoms with van der Waals surface area (Å²) in [6.45, 7) is 4.72. The molecule has 0 aliphatic heterocycles. The quantitative estimate of drug-likeness (QED) is 0.830. The molecule has 0 spiro atoms. The molecule has 1 aromatic carbocycles. The van der Waals surface area contributed by atoms with Gasteiger partial charge in [0.2, 0.25) is 10.0 Å². The number of sulfonamides is 1. The number of ether oxygens (including phenoxy) is 2. The average molecular weight is 339 g/mol. The van der Waals surface area contributed by atoms with Gasteiger partial charge in [0, 0.05) is 30.9 Å². The lowest BCUT2D eigenvalue weighted by molar-refractivity contribution is 0.392. The molecule has 0 atom stereocenters. The third-order valence-corrected chi connectivity index (χ3v) is 4.91. The predicted octanol–water partition coefficient (Wildman–Crippen LogP) is 1.71. The summed E-state index contributed by atoms with van der Waals surface area (Å²) in [6, 6.07) is 4.64. The lowest BCUT2D eigenvalue weighted by atomic mass is 10.3. The van der Waals surface area contributed by atoms with Crippen LogP contribution in [-0.2, 0) is 23.1 Å². The first-order valence-corrected chi connectivity index (χ1v) is 8.64. The van der Waals surface area contributed by atoms with E-state index in [2.05, 4.69) is 9.82 Å². The van der Waals surface area contributed by atoms with Crippen LogP contribution in [0.4, 0.5) is 0 Å². The molecule has 0 saturated heterocycles. The Morgan fingerprint density at radius 1 is 1.26 bits per heavy atom. The third-order valence-electron chi connectivity index (χ3n) is 3.48. The first-order valence-electron chi connectivity index (χ1n) is 7.16. The minimum absolute atomic E-state index is 0.0416. The Labute approximate surface area is 136 Å². The maximum Gasteiger partial charge on any atom is 0.244 e. The smallest absolute Gasteiger partial charge is 0.244 e. The van der Waals surface area contributed by atoms with Crippen molar-refractivity contribution in [2.24, 2.45) is 0 Å². The maximum absolute atomic E-state index is 12.6. The lowest BCUT2D eigenvalue weighted by Gasteiger charge is -2.12. The van der Waals surface area contributed by atoms with Gasteiger partial charge in [-0.15, -0.1) is 0 Å². The molecule has 0 amide bonds. The van der Waals surface area contributed by atoms with E-state index in [0.717, 1.165) is 17.8 Å². The molecular formula is C15H21N3O4S. The Kier molecular flexibility index (Phi) is 5.27. The summed E-state index contributed by atoms with van der Waals surface area (Å²) in [6.07, 6.45) is 1.83. The SMILES string of the molecule is CCn1cc(CNS(=O)(=O)c2cc(OC)ccc2OC)c(C)n1. The normalized spacial score (nSPS) is 11.5. The van der Waals surface area contributed by atoms with Crippen molar-refractivity contribution in [2.75, 3.05) is 14.2 Å². The van der Waals surface area contributed by atoms with E-state index in [1.54, 1.807) is 16.8 Å². The van der Waals surface area contributed by atoms with Gasteiger partial charge in [0.1, 0.15) is 16.4 Å². The molecule has 126 valence electrons. The van der Waals surface area contributed by atoms with Gasteiger partial charge in [0.05, 0.1) is 19.9 Å². The molecule has 7 nitrogen and oxygen atoms in total. The average Bonchev–Trinajstić information content (AvgIpc) is 2.92. The molecular weight excluding hydrogens is 318 g/mol. The number of rotatable bonds is 7. The summed E-state index contributed by atoms with van der Waals surface area (Å²) in [7, 11) is -0.833. The summed E-state index contributed by atoms with van der Waals surface area (Å²) in [5.74, 6) is 0.709. The summed E-state index contributed by atoms with van der Waals surface area (Å²) in [5, 5.41) is 4.30. The Morgan fingerprint density at radius 2 is 2.00 bits per heavy atom. The van der Waals surface area contributed by atoms with Gasteiger partial charge in [-0.1, -0.05) is 0 Å². The molecule has 1 aromatic heterocycles. The Morgan fingerprint density at radius 3 is 2.57 bits per heavy atom. The van der Waals surface area contributed by atoms with Crippen molar-refractivity contribution in [3.05, 3.63) is 35.7 Å². The van der Waals surface area contributed by atoms with Crippen molar-refractivity contribution >= 4 is 10.0 Å². The molecule has 2 rings (SSSR count). The highest BCUT2D eigenvalue weighted by Crippen LogP contribution is 2.28. The van der Waals surface area contributed by atoms with Gasteiger partial charge < -0.3 is 9.47 Å². The van der Waals surface area contributed by atoms with Crippen LogP contribution < -0.4 is 14.2 Å². The van der Waals surface area contributed by atoms with Crippen LogP contribution in [0.25, 0.3) is 0 Å². The van der Waals surface area contributed by atoms with Crippen LogP contribution in [0, 0.1) is 6.92 Å². The molecule has 0 radical (unpaired) electrons. The zero-order chi connectivity index (χ0) is 17.0. The van der Waals surface area contributed by atoms with Crippen molar-refractivity contribution in [3.63, 3.8) is 0 Å². The Bertz CT molecular complexity index is 784. The minimum Gasteiger partial charge on any atom is -0.497 e. The highest BCUT2D eigenvalue weighted by atomic mass is 32.2. The van der Waals surface area contributed by atoms with Crippen LogP contribution >= 0.6 is 0 Å². The van der Waals surface area contributed by atoms with Crippen LogP contribution in [0.5, 0.6) is 11.5 Å². The summed E-state index contributed by atoms with van der Waals surface area (Å²) in [4.78, 5) is 0.0416. The Balaban J connectivity index is 2.26. The van der Waals surface area contributed by atoms with E-state index < -0.39 is 10.0 Å². The van der Waals surface area contributed by atoms with Crippen molar-refractivity contribution in [1.82, 2.24) is 14.5 Å². The van der Waals surface area contributed by atoms with Crippen LogP contribution in [-0.4, -0.2) is 32.4 Å². The van der Waals surface area contributed by atoms with E-state index in [4.69, 9.17) is 9.47 Å². The number of aryl methyl sites for hydroxylation is 2. The van der Waals surface area contributed by atoms with Crippen molar-refractivity contribution < 1.29 is 17.9 Å². The van der Waals surface area contributed by atoms with Gasteiger partial charge in [-0.25, -0.2) is 13.1 Å². The zero-order valence-corrected chi connectivity index (χ0v) is 14.5. The molecule has 0 aliphatic carbocycles. The van der Waals surface area contributed by atoms with E-state index in [1.807, 2.05) is 20.0 Å². The van der Waals surface area contributed by atoms with E-state index in [-0.39, 0.29) is 17.2 Å². The molecule has 1 N–H and O–H groups in total. The van der Waals surface area contributed by atoms with Gasteiger partial charge >= 0.3 is 0 Å². The molecule has 0 aliphatic rings. The molecule has 1 heterocycles. The highest BCUT2D eigenvalue weighted by molar-refractivity contribution is 7.89. The van der Waals surface area contributed by atoms with Gasteiger partial charge in [0.15, 0.2) is 0 Å². The number of nitrogens with zero attached hydrogens (tertiary/aromatic N) is 2. The molecule has 0 saturated carbocycles. The maximum atomic E-state index is 12.6. The molecule has 23 heavy (non-hydrogen) atoms. The second-order valence-electron chi connectivity index (χ2n) is 4.94. The Hall–Kier alpha value is -2.06. The minimum atomic E-state index is -3.74. The topological polar surface area (TPSA) is 82.5 Å². The predicted molar refractivity (Wildman–Crippen MR) is 86.2 cm³/mol. The highest BCUT2D eigenvalue weighted by Gasteiger charge is 2.21. The van der Waals surface area contributed by atoms with Gasteiger partial charge in [0.25, 0.3) is 0 Å². The van der Waals surface area contributed by atoms with Gasteiger partial charge in [-0.05, 0) is 26.0 Å². The van der Waals surface area contributed by atoms with Crippen molar-refractivity contribution in [3.8, 4) is 11.5 Å². The first-order chi connectivity index (χ1) is 10.9. The number of aromatic nitrogens is 2. The van der Waals surface area contributed by atoms with Crippen LogP contribution in [0.15, 0.2) is 29.3 Å². The molecule has 0 fully saturated rings. The summed E-state index contributed by atoms with van der Waals surface area (Å²) >= 11 is 0. The van der Waals surface area contributed by atoms with Crippen LogP contribution in [0.1, 0.15) is 18.2 Å². The fourth-order valence-electron chi connectivity index (χ4n) is 2.14. The van der Waals surface area contributed by atoms with Crippen molar-refractivity contribution in [1.29, 1.82) is 0 Å².